The Bertz CT molecular complexity index is 358. The van der Waals surface area contributed by atoms with Crippen LogP contribution >= 0.6 is 0 Å². The largest absolute Gasteiger partial charge is 0.444 e. The second-order valence-corrected chi connectivity index (χ2v) is 9.70. The fourth-order valence-corrected chi connectivity index (χ4v) is 4.46. The summed E-state index contributed by atoms with van der Waals surface area (Å²) >= 11 is 0. The van der Waals surface area contributed by atoms with E-state index in [0.29, 0.717) is 0 Å². The summed E-state index contributed by atoms with van der Waals surface area (Å²) in [6.07, 6.45) is 21.7. The van der Waals surface area contributed by atoms with Gasteiger partial charge in [0.1, 0.15) is 13.1 Å². The molecule has 0 radical (unpaired) electrons. The molecule has 1 rings (SSSR count). The number of unbranched alkanes of at least 4 members (excludes halogenated alkanes) is 13. The van der Waals surface area contributed by atoms with Gasteiger partial charge in [0.15, 0.2) is 0 Å². The van der Waals surface area contributed by atoms with E-state index < -0.39 is 0 Å². The molecule has 1 aliphatic rings. The van der Waals surface area contributed by atoms with Gasteiger partial charge in [-0.15, -0.1) is 5.34 Å². The molecule has 0 N–H and O–H groups in total. The lowest BCUT2D eigenvalue weighted by Crippen LogP contribution is -2.56. The Morgan fingerprint density at radius 2 is 1.17 bits per heavy atom. The van der Waals surface area contributed by atoms with Crippen molar-refractivity contribution in [3.63, 3.8) is 0 Å². The molecule has 0 saturated carbocycles. The molecule has 0 aromatic rings. The third kappa shape index (κ3) is 18.1. The van der Waals surface area contributed by atoms with Gasteiger partial charge in [0.25, 0.3) is 0 Å². The number of morpholine rings is 1. The van der Waals surface area contributed by atoms with Gasteiger partial charge in [-0.2, -0.15) is 0 Å². The van der Waals surface area contributed by atoms with E-state index in [1.165, 1.54) is 127 Å². The average molecular weight is 429 g/mol. The van der Waals surface area contributed by atoms with Crippen LogP contribution in [0.4, 0.5) is 0 Å². The Balaban J connectivity index is 0.00000263. The van der Waals surface area contributed by atoms with Gasteiger partial charge in [-0.3, -0.25) is 0 Å². The molecule has 0 aromatic carbocycles. The zero-order valence-corrected chi connectivity index (χ0v) is 20.5. The molecule has 1 saturated heterocycles. The lowest BCUT2D eigenvalue weighted by atomic mass is 10.0. The minimum atomic E-state index is 0.833. The van der Waals surface area contributed by atoms with Gasteiger partial charge >= 0.3 is 0 Å². The van der Waals surface area contributed by atoms with Crippen molar-refractivity contribution < 1.29 is 9.22 Å². The fraction of sp³-hybridized carbons (Fsp3) is 1.00. The van der Waals surface area contributed by atoms with Crippen molar-refractivity contribution in [2.75, 3.05) is 39.4 Å². The zero-order valence-electron chi connectivity index (χ0n) is 20.5. The predicted molar refractivity (Wildman–Crippen MR) is 129 cm³/mol. The highest BCUT2D eigenvalue weighted by Crippen LogP contribution is 2.18. The first-order valence-corrected chi connectivity index (χ1v) is 13.0. The minimum absolute atomic E-state index is 0.833. The van der Waals surface area contributed by atoms with E-state index in [9.17, 15) is 0 Å². The number of hydrogen-bond acceptors (Lipinski definition) is 4. The number of hydrogen-bond donors (Lipinski definition) is 0. The normalized spacial score (nSPS) is 15.6. The summed E-state index contributed by atoms with van der Waals surface area (Å²) < 4.78 is 6.98. The van der Waals surface area contributed by atoms with E-state index in [2.05, 4.69) is 20.8 Å². The van der Waals surface area contributed by atoms with Crippen LogP contribution in [0.25, 0.3) is 0 Å². The summed E-state index contributed by atoms with van der Waals surface area (Å²) in [6.45, 7) is 14.3. The highest BCUT2D eigenvalue weighted by molar-refractivity contribution is 4.55. The lowest BCUT2D eigenvalue weighted by Gasteiger charge is -2.42. The Hall–Kier alpha value is -0.680. The Kier molecular flexibility index (Phi) is 21.1. The van der Waals surface area contributed by atoms with Crippen LogP contribution in [0.1, 0.15) is 117 Å². The van der Waals surface area contributed by atoms with Crippen molar-refractivity contribution in [3.05, 3.63) is 10.1 Å². The number of nitrogens with zero attached hydrogens (tertiary/aromatic N) is 2. The molecule has 180 valence electrons. The predicted octanol–water partition coefficient (Wildman–Crippen LogP) is 7.61. The van der Waals surface area contributed by atoms with Gasteiger partial charge < -0.3 is 19.3 Å². The Morgan fingerprint density at radius 3 is 1.57 bits per heavy atom. The summed E-state index contributed by atoms with van der Waals surface area (Å²) in [6, 6.07) is 0. The summed E-state index contributed by atoms with van der Waals surface area (Å²) in [7, 11) is 0. The first kappa shape index (κ1) is 29.3. The molecule has 1 heterocycles. The first-order valence-electron chi connectivity index (χ1n) is 13.0. The van der Waals surface area contributed by atoms with Gasteiger partial charge in [-0.1, -0.05) is 97.8 Å². The van der Waals surface area contributed by atoms with Crippen molar-refractivity contribution in [3.8, 4) is 0 Å². The standard InChI is InChI=1S/C25H52NO.HNO2/c1-4-5-6-7-8-9-10-11-12-13-14-15-16-17-19-26(20-18-25(2)3)21-23-27-24-22-26;2-1-3/h25H,4-24H2,1-3H3;(H,2,3)/q+1;/p-1. The van der Waals surface area contributed by atoms with Crippen LogP contribution in [0.2, 0.25) is 0 Å². The number of ether oxygens (including phenoxy) is 1. The molecule has 0 bridgehead atoms. The van der Waals surface area contributed by atoms with Crippen LogP contribution in [0.3, 0.4) is 0 Å². The second kappa shape index (κ2) is 21.5. The molecule has 5 nitrogen and oxygen atoms in total. The summed E-state index contributed by atoms with van der Waals surface area (Å²) in [5.41, 5.74) is 0. The third-order valence-corrected chi connectivity index (χ3v) is 6.59. The van der Waals surface area contributed by atoms with E-state index in [0.717, 1.165) is 24.5 Å². The SMILES string of the molecule is CCCCCCCCCCCCCCCC[N+]1(CCC(C)C)CCOCC1.O=N[O-]. The smallest absolute Gasteiger partial charge is 0.102 e. The van der Waals surface area contributed by atoms with Gasteiger partial charge in [-0.05, 0) is 25.2 Å². The van der Waals surface area contributed by atoms with Crippen molar-refractivity contribution in [1.82, 2.24) is 0 Å². The van der Waals surface area contributed by atoms with E-state index in [4.69, 9.17) is 14.9 Å². The molecule has 0 unspecified atom stereocenters. The van der Waals surface area contributed by atoms with E-state index in [1.807, 2.05) is 0 Å². The van der Waals surface area contributed by atoms with Crippen LogP contribution < -0.4 is 0 Å². The zero-order chi connectivity index (χ0) is 22.3. The molecule has 5 heteroatoms. The number of rotatable bonds is 18. The van der Waals surface area contributed by atoms with E-state index >= 15 is 0 Å². The highest BCUT2D eigenvalue weighted by atomic mass is 16.6. The van der Waals surface area contributed by atoms with Gasteiger partial charge in [-0.25, -0.2) is 0 Å². The maximum absolute atomic E-state index is 8.00. The van der Waals surface area contributed by atoms with Crippen LogP contribution in [0, 0.1) is 16.0 Å². The Labute approximate surface area is 187 Å². The molecule has 0 amide bonds. The lowest BCUT2D eigenvalue weighted by molar-refractivity contribution is -0.935. The van der Waals surface area contributed by atoms with Crippen LogP contribution in [0.5, 0.6) is 0 Å². The van der Waals surface area contributed by atoms with Crippen molar-refractivity contribution in [2.45, 2.75) is 117 Å². The van der Waals surface area contributed by atoms with E-state index in [1.54, 1.807) is 0 Å². The molecular formula is C25H52N2O3. The molecule has 0 spiro atoms. The maximum Gasteiger partial charge on any atom is 0.102 e. The van der Waals surface area contributed by atoms with Gasteiger partial charge in [0, 0.05) is 0 Å². The second-order valence-electron chi connectivity index (χ2n) is 9.70. The first-order chi connectivity index (χ1) is 14.6. The van der Waals surface area contributed by atoms with Crippen LogP contribution in [-0.4, -0.2) is 43.9 Å². The average Bonchev–Trinajstić information content (AvgIpc) is 2.74. The van der Waals surface area contributed by atoms with Crippen LogP contribution in [0.15, 0.2) is 5.34 Å². The summed E-state index contributed by atoms with van der Waals surface area (Å²) in [5.74, 6) is 0.833. The number of quaternary nitrogens is 1. The van der Waals surface area contributed by atoms with Crippen molar-refractivity contribution >= 4 is 0 Å². The maximum atomic E-state index is 8.00. The minimum Gasteiger partial charge on any atom is -0.444 e. The molecule has 0 aliphatic carbocycles. The van der Waals surface area contributed by atoms with Gasteiger partial charge in [0.2, 0.25) is 0 Å². The molecule has 1 fully saturated rings. The van der Waals surface area contributed by atoms with E-state index in [-0.39, 0.29) is 0 Å². The van der Waals surface area contributed by atoms with Crippen molar-refractivity contribution in [1.29, 1.82) is 0 Å². The molecule has 30 heavy (non-hydrogen) atoms. The summed E-state index contributed by atoms with van der Waals surface area (Å²) in [5, 5.41) is 9.00. The molecule has 0 atom stereocenters. The molecule has 1 aliphatic heterocycles. The quantitative estimate of drug-likeness (QED) is 0.0976. The topological polar surface area (TPSA) is 61.7 Å². The van der Waals surface area contributed by atoms with Gasteiger partial charge in [0.05, 0.1) is 26.3 Å². The highest BCUT2D eigenvalue weighted by Gasteiger charge is 2.29. The fourth-order valence-electron chi connectivity index (χ4n) is 4.46. The monoisotopic (exact) mass is 428 g/mol. The molecular weight excluding hydrogens is 376 g/mol. The van der Waals surface area contributed by atoms with Crippen molar-refractivity contribution in [2.24, 2.45) is 11.3 Å². The van der Waals surface area contributed by atoms with Crippen LogP contribution in [-0.2, 0) is 4.74 Å². The molecule has 0 aromatic heterocycles. The summed E-state index contributed by atoms with van der Waals surface area (Å²) in [4.78, 5) is 8.00. The third-order valence-electron chi connectivity index (χ3n) is 6.59. The Morgan fingerprint density at radius 1 is 0.767 bits per heavy atom.